The van der Waals surface area contributed by atoms with E-state index in [9.17, 15) is 9.59 Å². The van der Waals surface area contributed by atoms with Crippen LogP contribution in [0.2, 0.25) is 0 Å². The third-order valence-electron chi connectivity index (χ3n) is 2.17. The molecule has 0 bridgehead atoms. The predicted octanol–water partition coefficient (Wildman–Crippen LogP) is 0.799. The summed E-state index contributed by atoms with van der Waals surface area (Å²) in [5.74, 6) is -0.889. The molecule has 6 heteroatoms. The lowest BCUT2D eigenvalue weighted by Crippen LogP contribution is -2.42. The van der Waals surface area contributed by atoms with E-state index in [0.717, 1.165) is 0 Å². The maximum atomic E-state index is 11.0. The summed E-state index contributed by atoms with van der Waals surface area (Å²) in [6.07, 6.45) is 1.38. The van der Waals surface area contributed by atoms with Crippen molar-refractivity contribution in [3.63, 3.8) is 0 Å². The monoisotopic (exact) mass is 259 g/mol. The minimum atomic E-state index is -0.627. The third kappa shape index (κ3) is 4.85. The van der Waals surface area contributed by atoms with Crippen LogP contribution in [0.1, 0.15) is 22.1 Å². The van der Waals surface area contributed by atoms with Gasteiger partial charge in [-0.25, -0.2) is 0 Å². The Morgan fingerprint density at radius 1 is 1.33 bits per heavy atom. The summed E-state index contributed by atoms with van der Waals surface area (Å²) in [5.41, 5.74) is 0. The van der Waals surface area contributed by atoms with Crippen molar-refractivity contribution in [2.24, 2.45) is 0 Å². The molecule has 0 amide bonds. The summed E-state index contributed by atoms with van der Waals surface area (Å²) >= 11 is 0. The van der Waals surface area contributed by atoms with Gasteiger partial charge in [0.15, 0.2) is 6.29 Å². The zero-order chi connectivity index (χ0) is 14.3. The zero-order valence-corrected chi connectivity index (χ0v) is 10.5. The van der Waals surface area contributed by atoms with Crippen molar-refractivity contribution >= 4 is 11.9 Å². The topological polar surface area (TPSA) is 71.1 Å². The summed E-state index contributed by atoms with van der Waals surface area (Å²) in [4.78, 5) is 21.8. The highest BCUT2D eigenvalue weighted by Crippen LogP contribution is 2.17. The minimum Gasteiger partial charge on any atom is -0.463 e. The largest absolute Gasteiger partial charge is 0.463 e. The Morgan fingerprint density at radius 2 is 2.11 bits per heavy atom. The molecule has 0 unspecified atom stereocenters. The predicted molar refractivity (Wildman–Crippen MR) is 61.6 cm³/mol. The SMILES string of the molecule is [2H]CCO[C@@H]1C=C[C@H](OC(C)=O)[C@@H](COC(C)=O)O1. The standard InChI is InChI=1S/C12H18O6/c1-4-15-12-6-5-10(17-9(3)14)11(18-12)7-16-8(2)13/h5-6,10-12H,4,7H2,1-3H3/t10-,11+,12-/m0/s1/i1D. The Labute approximate surface area is 107 Å². The van der Waals surface area contributed by atoms with E-state index in [-0.39, 0.29) is 20.1 Å². The molecule has 1 aliphatic rings. The molecule has 1 aliphatic heterocycles. The molecule has 0 aliphatic carbocycles. The van der Waals surface area contributed by atoms with Gasteiger partial charge in [-0.3, -0.25) is 9.59 Å². The molecule has 0 aromatic carbocycles. The van der Waals surface area contributed by atoms with Gasteiger partial charge < -0.3 is 18.9 Å². The molecule has 102 valence electrons. The van der Waals surface area contributed by atoms with Crippen LogP contribution in [-0.2, 0) is 28.5 Å². The number of carbonyl (C=O) groups is 2. The van der Waals surface area contributed by atoms with Gasteiger partial charge in [0.2, 0.25) is 0 Å². The van der Waals surface area contributed by atoms with Crippen LogP contribution in [0.25, 0.3) is 0 Å². The van der Waals surface area contributed by atoms with Crippen LogP contribution in [0.5, 0.6) is 0 Å². The van der Waals surface area contributed by atoms with Crippen molar-refractivity contribution in [1.29, 1.82) is 0 Å². The fourth-order valence-corrected chi connectivity index (χ4v) is 1.47. The molecule has 0 spiro atoms. The number of rotatable bonds is 5. The fraction of sp³-hybridized carbons (Fsp3) is 0.667. The van der Waals surface area contributed by atoms with Crippen LogP contribution in [-0.4, -0.2) is 43.7 Å². The average Bonchev–Trinajstić information content (AvgIpc) is 2.35. The van der Waals surface area contributed by atoms with Crippen molar-refractivity contribution in [1.82, 2.24) is 0 Å². The van der Waals surface area contributed by atoms with Crippen LogP contribution in [0.3, 0.4) is 0 Å². The van der Waals surface area contributed by atoms with E-state index in [0.29, 0.717) is 0 Å². The van der Waals surface area contributed by atoms with E-state index >= 15 is 0 Å². The molecule has 18 heavy (non-hydrogen) atoms. The molecule has 1 rings (SSSR count). The summed E-state index contributed by atoms with van der Waals surface area (Å²) in [6.45, 7) is 2.90. The highest BCUT2D eigenvalue weighted by Gasteiger charge is 2.30. The molecule has 0 saturated heterocycles. The first-order valence-electron chi connectivity index (χ1n) is 6.29. The van der Waals surface area contributed by atoms with Crippen LogP contribution in [0, 0.1) is 0 Å². The molecule has 1 heterocycles. The number of carbonyl (C=O) groups excluding carboxylic acids is 2. The lowest BCUT2D eigenvalue weighted by Gasteiger charge is -2.31. The van der Waals surface area contributed by atoms with Crippen molar-refractivity contribution in [2.45, 2.75) is 39.2 Å². The van der Waals surface area contributed by atoms with Crippen LogP contribution >= 0.6 is 0 Å². The molecule has 0 saturated carbocycles. The van der Waals surface area contributed by atoms with E-state index < -0.39 is 30.4 Å². The second kappa shape index (κ2) is 7.13. The molecule has 6 nitrogen and oxygen atoms in total. The Morgan fingerprint density at radius 3 is 2.72 bits per heavy atom. The number of ether oxygens (including phenoxy) is 4. The molecule has 0 N–H and O–H groups in total. The van der Waals surface area contributed by atoms with E-state index in [1.807, 2.05) is 0 Å². The molecule has 3 atom stereocenters. The van der Waals surface area contributed by atoms with Gasteiger partial charge in [-0.1, -0.05) is 0 Å². The Kier molecular flexibility index (Phi) is 5.16. The van der Waals surface area contributed by atoms with Gasteiger partial charge in [-0.15, -0.1) is 0 Å². The quantitative estimate of drug-likeness (QED) is 0.537. The Balaban J connectivity index is 2.60. The molecule has 0 aromatic heterocycles. The first-order valence-corrected chi connectivity index (χ1v) is 5.58. The van der Waals surface area contributed by atoms with Crippen molar-refractivity contribution in [3.05, 3.63) is 12.2 Å². The second-order valence-electron chi connectivity index (χ2n) is 3.68. The van der Waals surface area contributed by atoms with E-state index in [2.05, 4.69) is 0 Å². The highest BCUT2D eigenvalue weighted by molar-refractivity contribution is 5.66. The van der Waals surface area contributed by atoms with Crippen molar-refractivity contribution < 1.29 is 29.9 Å². The van der Waals surface area contributed by atoms with Gasteiger partial charge in [0.25, 0.3) is 0 Å². The van der Waals surface area contributed by atoms with Crippen LogP contribution in [0.15, 0.2) is 12.2 Å². The maximum absolute atomic E-state index is 11.0. The van der Waals surface area contributed by atoms with Crippen molar-refractivity contribution in [3.8, 4) is 0 Å². The molecule has 0 radical (unpaired) electrons. The number of hydrogen-bond acceptors (Lipinski definition) is 6. The summed E-state index contributed by atoms with van der Waals surface area (Å²) < 4.78 is 27.7. The minimum absolute atomic E-state index is 0.0294. The smallest absolute Gasteiger partial charge is 0.303 e. The molecular weight excluding hydrogens is 240 g/mol. The Hall–Kier alpha value is -1.40. The van der Waals surface area contributed by atoms with Gasteiger partial charge >= 0.3 is 11.9 Å². The maximum Gasteiger partial charge on any atom is 0.303 e. The van der Waals surface area contributed by atoms with Crippen LogP contribution < -0.4 is 0 Å². The molecule has 0 aromatic rings. The number of esters is 2. The highest BCUT2D eigenvalue weighted by atomic mass is 16.7. The third-order valence-corrected chi connectivity index (χ3v) is 2.17. The van der Waals surface area contributed by atoms with Gasteiger partial charge in [-0.05, 0) is 19.1 Å². The van der Waals surface area contributed by atoms with Gasteiger partial charge in [0.05, 0.1) is 0 Å². The van der Waals surface area contributed by atoms with E-state index in [1.54, 1.807) is 12.2 Å². The van der Waals surface area contributed by atoms with Gasteiger partial charge in [-0.2, -0.15) is 0 Å². The van der Waals surface area contributed by atoms with E-state index in [4.69, 9.17) is 20.3 Å². The lowest BCUT2D eigenvalue weighted by atomic mass is 10.1. The van der Waals surface area contributed by atoms with E-state index in [1.165, 1.54) is 13.8 Å². The number of hydrogen-bond donors (Lipinski definition) is 0. The first kappa shape index (κ1) is 13.0. The van der Waals surface area contributed by atoms with Crippen LogP contribution in [0.4, 0.5) is 0 Å². The average molecular weight is 259 g/mol. The molecular formula is C12H18O6. The summed E-state index contributed by atoms with van der Waals surface area (Å²) in [5, 5.41) is 0. The Bertz CT molecular complexity index is 343. The van der Waals surface area contributed by atoms with Crippen molar-refractivity contribution in [2.75, 3.05) is 13.2 Å². The summed E-state index contributed by atoms with van der Waals surface area (Å²) in [6, 6.07) is 0. The molecule has 0 fully saturated rings. The van der Waals surface area contributed by atoms with Gasteiger partial charge in [0, 0.05) is 21.8 Å². The second-order valence-corrected chi connectivity index (χ2v) is 3.68. The first-order chi connectivity index (χ1) is 9.02. The lowest BCUT2D eigenvalue weighted by molar-refractivity contribution is -0.195. The van der Waals surface area contributed by atoms with Gasteiger partial charge in [0.1, 0.15) is 18.8 Å². The summed E-state index contributed by atoms with van der Waals surface area (Å²) in [7, 11) is 0. The normalized spacial score (nSPS) is 27.4. The zero-order valence-electron chi connectivity index (χ0n) is 11.5. The fourth-order valence-electron chi connectivity index (χ4n) is 1.47.